The zero-order valence-electron chi connectivity index (χ0n) is 14.5. The number of amides is 1. The minimum absolute atomic E-state index is 0.213. The van der Waals surface area contributed by atoms with E-state index in [4.69, 9.17) is 0 Å². The molecule has 4 nitrogen and oxygen atoms in total. The van der Waals surface area contributed by atoms with Crippen LogP contribution in [0.1, 0.15) is 11.1 Å². The quantitative estimate of drug-likeness (QED) is 0.680. The highest BCUT2D eigenvalue weighted by Crippen LogP contribution is 2.31. The number of benzene rings is 3. The first kappa shape index (κ1) is 19.4. The van der Waals surface area contributed by atoms with Crippen molar-refractivity contribution in [2.75, 3.05) is 5.32 Å². The number of anilines is 1. The third kappa shape index (κ3) is 4.32. The number of carbonyl (C=O) groups excluding carboxylic acids is 1. The van der Waals surface area contributed by atoms with Crippen LogP contribution in [0.3, 0.4) is 0 Å². The van der Waals surface area contributed by atoms with E-state index in [9.17, 15) is 23.1 Å². The number of nitrogens with one attached hydrogen (secondary N) is 1. The van der Waals surface area contributed by atoms with Crippen molar-refractivity contribution in [1.29, 1.82) is 0 Å². The Morgan fingerprint density at radius 1 is 0.786 bits per heavy atom. The highest BCUT2D eigenvalue weighted by atomic mass is 19.4. The Balaban J connectivity index is 1.89. The van der Waals surface area contributed by atoms with Gasteiger partial charge in [0.2, 0.25) is 0 Å². The van der Waals surface area contributed by atoms with Crippen LogP contribution in [0.2, 0.25) is 0 Å². The molecule has 0 saturated heterocycles. The van der Waals surface area contributed by atoms with Crippen LogP contribution in [0, 0.1) is 0 Å². The van der Waals surface area contributed by atoms with Gasteiger partial charge in [-0.15, -0.1) is 13.2 Å². The van der Waals surface area contributed by atoms with Gasteiger partial charge in [0.15, 0.2) is 5.60 Å². The third-order valence-corrected chi connectivity index (χ3v) is 4.06. The fourth-order valence-electron chi connectivity index (χ4n) is 2.75. The average molecular weight is 387 g/mol. The van der Waals surface area contributed by atoms with Crippen molar-refractivity contribution in [2.24, 2.45) is 0 Å². The Morgan fingerprint density at radius 3 is 1.68 bits per heavy atom. The summed E-state index contributed by atoms with van der Waals surface area (Å²) in [5.41, 5.74) is -1.06. The second kappa shape index (κ2) is 7.74. The van der Waals surface area contributed by atoms with E-state index < -0.39 is 23.6 Å². The number of alkyl halides is 3. The van der Waals surface area contributed by atoms with Crippen molar-refractivity contribution in [1.82, 2.24) is 0 Å². The largest absolute Gasteiger partial charge is 0.573 e. The maximum atomic E-state index is 13.0. The average Bonchev–Trinajstić information content (AvgIpc) is 2.69. The molecule has 0 saturated carbocycles. The number of halogens is 3. The van der Waals surface area contributed by atoms with E-state index >= 15 is 0 Å². The zero-order chi connectivity index (χ0) is 20.2. The van der Waals surface area contributed by atoms with E-state index in [0.29, 0.717) is 11.1 Å². The number of hydrogen-bond donors (Lipinski definition) is 2. The van der Waals surface area contributed by atoms with E-state index in [1.54, 1.807) is 60.7 Å². The van der Waals surface area contributed by atoms with Gasteiger partial charge < -0.3 is 15.2 Å². The summed E-state index contributed by atoms with van der Waals surface area (Å²) >= 11 is 0. The Kier molecular flexibility index (Phi) is 5.37. The van der Waals surface area contributed by atoms with Crippen LogP contribution >= 0.6 is 0 Å². The molecule has 0 heterocycles. The highest BCUT2D eigenvalue weighted by Gasteiger charge is 2.40. The van der Waals surface area contributed by atoms with Crippen molar-refractivity contribution in [3.63, 3.8) is 0 Å². The molecule has 0 bridgehead atoms. The molecule has 0 spiro atoms. The summed E-state index contributed by atoms with van der Waals surface area (Å²) in [6.45, 7) is 0. The summed E-state index contributed by atoms with van der Waals surface area (Å²) in [5.74, 6) is -1.15. The van der Waals surface area contributed by atoms with Crippen molar-refractivity contribution < 1.29 is 27.8 Å². The van der Waals surface area contributed by atoms with Gasteiger partial charge in [0.1, 0.15) is 5.75 Å². The molecule has 3 rings (SSSR count). The van der Waals surface area contributed by atoms with Crippen LogP contribution < -0.4 is 10.1 Å². The predicted molar refractivity (Wildman–Crippen MR) is 97.6 cm³/mol. The molecule has 7 heteroatoms. The summed E-state index contributed by atoms with van der Waals surface area (Å²) in [4.78, 5) is 13.0. The van der Waals surface area contributed by atoms with Crippen molar-refractivity contribution in [3.8, 4) is 5.75 Å². The Labute approximate surface area is 159 Å². The van der Waals surface area contributed by atoms with Gasteiger partial charge in [-0.2, -0.15) is 0 Å². The molecule has 0 atom stereocenters. The fourth-order valence-corrected chi connectivity index (χ4v) is 2.75. The van der Waals surface area contributed by atoms with Crippen LogP contribution in [0.5, 0.6) is 5.75 Å². The van der Waals surface area contributed by atoms with Gasteiger partial charge in [0, 0.05) is 5.69 Å². The molecule has 144 valence electrons. The third-order valence-electron chi connectivity index (χ3n) is 4.06. The normalized spacial score (nSPS) is 11.7. The Bertz CT molecular complexity index is 887. The van der Waals surface area contributed by atoms with Crippen LogP contribution in [-0.2, 0) is 10.4 Å². The summed E-state index contributed by atoms with van der Waals surface area (Å²) in [6, 6.07) is 21.4. The molecule has 0 radical (unpaired) electrons. The number of rotatable bonds is 5. The van der Waals surface area contributed by atoms with E-state index in [-0.39, 0.29) is 5.69 Å². The lowest BCUT2D eigenvalue weighted by Gasteiger charge is -2.28. The number of aliphatic hydroxyl groups is 1. The second-order valence-corrected chi connectivity index (χ2v) is 5.97. The molecule has 3 aromatic rings. The van der Waals surface area contributed by atoms with E-state index in [1.165, 1.54) is 12.1 Å². The maximum absolute atomic E-state index is 13.0. The summed E-state index contributed by atoms with van der Waals surface area (Å²) in [6.07, 6.45) is -4.80. The van der Waals surface area contributed by atoms with Crippen molar-refractivity contribution in [3.05, 3.63) is 96.1 Å². The highest BCUT2D eigenvalue weighted by molar-refractivity contribution is 6.00. The molecular formula is C21H16F3NO3. The summed E-state index contributed by atoms with van der Waals surface area (Å²) < 4.78 is 40.6. The van der Waals surface area contributed by atoms with Crippen LogP contribution in [0.4, 0.5) is 18.9 Å². The predicted octanol–water partition coefficient (Wildman–Crippen LogP) is 4.46. The molecule has 3 aromatic carbocycles. The first-order chi connectivity index (χ1) is 13.3. The standard InChI is InChI=1S/C21H16F3NO3/c22-21(23,24)28-18-13-11-17(12-14-18)25-19(26)20(27,15-7-3-1-4-8-15)16-9-5-2-6-10-16/h1-14,27H,(H,25,26). The van der Waals surface area contributed by atoms with Crippen LogP contribution in [-0.4, -0.2) is 17.4 Å². The zero-order valence-corrected chi connectivity index (χ0v) is 14.5. The lowest BCUT2D eigenvalue weighted by atomic mass is 9.85. The van der Waals surface area contributed by atoms with Gasteiger partial charge in [-0.1, -0.05) is 60.7 Å². The molecule has 0 unspecified atom stereocenters. The molecular weight excluding hydrogens is 371 g/mol. The van der Waals surface area contributed by atoms with E-state index in [2.05, 4.69) is 10.1 Å². The lowest BCUT2D eigenvalue weighted by molar-refractivity contribution is -0.274. The topological polar surface area (TPSA) is 58.6 Å². The minimum Gasteiger partial charge on any atom is -0.406 e. The first-order valence-electron chi connectivity index (χ1n) is 8.30. The lowest BCUT2D eigenvalue weighted by Crippen LogP contribution is -2.41. The second-order valence-electron chi connectivity index (χ2n) is 5.97. The molecule has 0 aromatic heterocycles. The van der Waals surface area contributed by atoms with E-state index in [0.717, 1.165) is 12.1 Å². The van der Waals surface area contributed by atoms with Crippen LogP contribution in [0.25, 0.3) is 0 Å². The van der Waals surface area contributed by atoms with Gasteiger partial charge in [-0.05, 0) is 35.4 Å². The van der Waals surface area contributed by atoms with Crippen molar-refractivity contribution >= 4 is 11.6 Å². The number of carbonyl (C=O) groups is 1. The summed E-state index contributed by atoms with van der Waals surface area (Å²) in [7, 11) is 0. The number of ether oxygens (including phenoxy) is 1. The Hall–Kier alpha value is -3.32. The minimum atomic E-state index is -4.80. The van der Waals surface area contributed by atoms with E-state index in [1.807, 2.05) is 0 Å². The van der Waals surface area contributed by atoms with Crippen molar-refractivity contribution in [2.45, 2.75) is 12.0 Å². The Morgan fingerprint density at radius 2 is 1.25 bits per heavy atom. The molecule has 2 N–H and O–H groups in total. The molecule has 0 aliphatic carbocycles. The molecule has 0 aliphatic rings. The number of hydrogen-bond acceptors (Lipinski definition) is 3. The molecule has 28 heavy (non-hydrogen) atoms. The molecule has 0 fully saturated rings. The van der Waals surface area contributed by atoms with Gasteiger partial charge in [-0.25, -0.2) is 0 Å². The van der Waals surface area contributed by atoms with Gasteiger partial charge >= 0.3 is 6.36 Å². The smallest absolute Gasteiger partial charge is 0.406 e. The SMILES string of the molecule is O=C(Nc1ccc(OC(F)(F)F)cc1)C(O)(c1ccccc1)c1ccccc1. The molecule has 0 aliphatic heterocycles. The van der Waals surface area contributed by atoms with Gasteiger partial charge in [0.25, 0.3) is 5.91 Å². The fraction of sp³-hybridized carbons (Fsp3) is 0.0952. The maximum Gasteiger partial charge on any atom is 0.573 e. The van der Waals surface area contributed by atoms with Crippen LogP contribution in [0.15, 0.2) is 84.9 Å². The van der Waals surface area contributed by atoms with Gasteiger partial charge in [-0.3, -0.25) is 4.79 Å². The summed E-state index contributed by atoms with van der Waals surface area (Å²) in [5, 5.41) is 13.8. The first-order valence-corrected chi connectivity index (χ1v) is 8.30. The monoisotopic (exact) mass is 387 g/mol. The molecule has 1 amide bonds. The van der Waals surface area contributed by atoms with Gasteiger partial charge in [0.05, 0.1) is 0 Å².